The summed E-state index contributed by atoms with van der Waals surface area (Å²) in [4.78, 5) is 4.31. The number of nitrogens with one attached hydrogen (secondary N) is 1. The largest absolute Gasteiger partial charge is 0.496 e. The summed E-state index contributed by atoms with van der Waals surface area (Å²) in [5.74, 6) is 0.703. The predicted molar refractivity (Wildman–Crippen MR) is 80.1 cm³/mol. The molecule has 0 aliphatic rings. The van der Waals surface area contributed by atoms with Crippen molar-refractivity contribution in [3.8, 4) is 5.75 Å². The van der Waals surface area contributed by atoms with Crippen LogP contribution in [0.25, 0.3) is 0 Å². The standard InChI is InChI=1S/C13H16N2O3S2/c1-8-5-11(6-9(2)12(8)18-4)20(16,17)15-13-14-10(3)7-19-13/h5-7H,1-4H3,(H,14,15). The third-order valence-corrected chi connectivity index (χ3v) is 5.11. The van der Waals surface area contributed by atoms with Gasteiger partial charge in [-0.25, -0.2) is 13.4 Å². The normalized spacial score (nSPS) is 11.4. The summed E-state index contributed by atoms with van der Waals surface area (Å²) in [6, 6.07) is 3.18. The van der Waals surface area contributed by atoms with E-state index in [4.69, 9.17) is 4.74 Å². The topological polar surface area (TPSA) is 68.3 Å². The molecule has 0 spiro atoms. The zero-order chi connectivity index (χ0) is 14.9. The van der Waals surface area contributed by atoms with Gasteiger partial charge in [-0.2, -0.15) is 0 Å². The highest BCUT2D eigenvalue weighted by Gasteiger charge is 2.18. The SMILES string of the molecule is COc1c(C)cc(S(=O)(=O)Nc2nc(C)cs2)cc1C. The van der Waals surface area contributed by atoms with Gasteiger partial charge in [-0.3, -0.25) is 4.72 Å². The lowest BCUT2D eigenvalue weighted by atomic mass is 10.1. The van der Waals surface area contributed by atoms with E-state index in [0.29, 0.717) is 10.9 Å². The first kappa shape index (κ1) is 14.8. The number of methoxy groups -OCH3 is 1. The van der Waals surface area contributed by atoms with E-state index in [1.807, 2.05) is 20.8 Å². The number of ether oxygens (including phenoxy) is 1. The number of benzene rings is 1. The highest BCUT2D eigenvalue weighted by molar-refractivity contribution is 7.93. The highest BCUT2D eigenvalue weighted by atomic mass is 32.2. The summed E-state index contributed by atoms with van der Waals surface area (Å²) in [7, 11) is -2.06. The highest BCUT2D eigenvalue weighted by Crippen LogP contribution is 2.28. The van der Waals surface area contributed by atoms with Gasteiger partial charge < -0.3 is 4.74 Å². The summed E-state index contributed by atoms with van der Waals surface area (Å²) in [5.41, 5.74) is 2.35. The zero-order valence-corrected chi connectivity index (χ0v) is 13.4. The summed E-state index contributed by atoms with van der Waals surface area (Å²) in [6.45, 7) is 5.45. The lowest BCUT2D eigenvalue weighted by Gasteiger charge is -2.12. The minimum atomic E-state index is -3.63. The maximum Gasteiger partial charge on any atom is 0.263 e. The third kappa shape index (κ3) is 2.94. The Morgan fingerprint density at radius 2 is 1.80 bits per heavy atom. The Labute approximate surface area is 122 Å². The van der Waals surface area contributed by atoms with E-state index < -0.39 is 10.0 Å². The van der Waals surface area contributed by atoms with Gasteiger partial charge in [0.2, 0.25) is 0 Å². The van der Waals surface area contributed by atoms with Crippen molar-refractivity contribution in [2.75, 3.05) is 11.8 Å². The molecule has 20 heavy (non-hydrogen) atoms. The zero-order valence-electron chi connectivity index (χ0n) is 11.7. The average molecular weight is 312 g/mol. The van der Waals surface area contributed by atoms with Crippen LogP contribution in [0.1, 0.15) is 16.8 Å². The minimum absolute atomic E-state index is 0.209. The Morgan fingerprint density at radius 3 is 2.25 bits per heavy atom. The van der Waals surface area contributed by atoms with Gasteiger partial charge in [-0.1, -0.05) is 0 Å². The van der Waals surface area contributed by atoms with E-state index in [-0.39, 0.29) is 4.90 Å². The summed E-state index contributed by atoms with van der Waals surface area (Å²) < 4.78 is 32.4. The van der Waals surface area contributed by atoms with Crippen molar-refractivity contribution in [1.82, 2.24) is 4.98 Å². The van der Waals surface area contributed by atoms with Gasteiger partial charge in [-0.05, 0) is 44.0 Å². The van der Waals surface area contributed by atoms with E-state index in [9.17, 15) is 8.42 Å². The molecule has 0 amide bonds. The second-order valence-corrected chi connectivity index (χ2v) is 7.03. The van der Waals surface area contributed by atoms with Crippen LogP contribution < -0.4 is 9.46 Å². The van der Waals surface area contributed by atoms with Gasteiger partial charge in [-0.15, -0.1) is 11.3 Å². The number of rotatable bonds is 4. The van der Waals surface area contributed by atoms with E-state index in [2.05, 4.69) is 9.71 Å². The van der Waals surface area contributed by atoms with Crippen LogP contribution in [0.2, 0.25) is 0 Å². The molecule has 5 nitrogen and oxygen atoms in total. The molecule has 0 aliphatic heterocycles. The Bertz CT molecular complexity index is 713. The monoisotopic (exact) mass is 312 g/mol. The van der Waals surface area contributed by atoms with Gasteiger partial charge in [0.1, 0.15) is 5.75 Å². The maximum absolute atomic E-state index is 12.3. The molecule has 1 aromatic carbocycles. The van der Waals surface area contributed by atoms with Crippen molar-refractivity contribution in [1.29, 1.82) is 0 Å². The van der Waals surface area contributed by atoms with E-state index in [1.165, 1.54) is 11.3 Å². The van der Waals surface area contributed by atoms with Gasteiger partial charge >= 0.3 is 0 Å². The second kappa shape index (κ2) is 5.41. The number of nitrogens with zero attached hydrogens (tertiary/aromatic N) is 1. The van der Waals surface area contributed by atoms with Crippen LogP contribution in [0.4, 0.5) is 5.13 Å². The molecular weight excluding hydrogens is 296 g/mol. The second-order valence-electron chi connectivity index (χ2n) is 4.49. The van der Waals surface area contributed by atoms with Crippen LogP contribution in [0.3, 0.4) is 0 Å². The maximum atomic E-state index is 12.3. The fourth-order valence-corrected chi connectivity index (χ4v) is 4.07. The number of hydrogen-bond donors (Lipinski definition) is 1. The van der Waals surface area contributed by atoms with E-state index >= 15 is 0 Å². The fourth-order valence-electron chi connectivity index (χ4n) is 1.96. The Hall–Kier alpha value is -1.60. The number of anilines is 1. The van der Waals surface area contributed by atoms with Gasteiger partial charge in [0, 0.05) is 5.38 Å². The number of aromatic nitrogens is 1. The van der Waals surface area contributed by atoms with Gasteiger partial charge in [0.25, 0.3) is 10.0 Å². The Kier molecular flexibility index (Phi) is 4.01. The van der Waals surface area contributed by atoms with E-state index in [1.54, 1.807) is 24.6 Å². The first-order valence-corrected chi connectivity index (χ1v) is 8.30. The van der Waals surface area contributed by atoms with Crippen molar-refractivity contribution in [3.05, 3.63) is 34.3 Å². The quantitative estimate of drug-likeness (QED) is 0.942. The molecule has 0 radical (unpaired) electrons. The molecule has 0 aliphatic carbocycles. The van der Waals surface area contributed by atoms with Crippen molar-refractivity contribution < 1.29 is 13.2 Å². The van der Waals surface area contributed by atoms with Crippen LogP contribution in [-0.2, 0) is 10.0 Å². The number of aryl methyl sites for hydroxylation is 3. The summed E-state index contributed by atoms with van der Waals surface area (Å²) >= 11 is 1.26. The number of hydrogen-bond acceptors (Lipinski definition) is 5. The van der Waals surface area contributed by atoms with Crippen LogP contribution in [-0.4, -0.2) is 20.5 Å². The minimum Gasteiger partial charge on any atom is -0.496 e. The van der Waals surface area contributed by atoms with Crippen molar-refractivity contribution in [2.24, 2.45) is 0 Å². The molecule has 0 unspecified atom stereocenters. The lowest BCUT2D eigenvalue weighted by Crippen LogP contribution is -2.13. The predicted octanol–water partition coefficient (Wildman–Crippen LogP) is 2.88. The third-order valence-electron chi connectivity index (χ3n) is 2.79. The molecule has 0 atom stereocenters. The molecule has 1 N–H and O–H groups in total. The molecule has 2 aromatic rings. The molecule has 7 heteroatoms. The molecule has 1 aromatic heterocycles. The molecule has 0 saturated heterocycles. The fraction of sp³-hybridized carbons (Fsp3) is 0.308. The smallest absolute Gasteiger partial charge is 0.263 e. The van der Waals surface area contributed by atoms with E-state index in [0.717, 1.165) is 16.8 Å². The molecule has 108 valence electrons. The summed E-state index contributed by atoms with van der Waals surface area (Å²) in [5, 5.41) is 2.16. The van der Waals surface area contributed by atoms with Crippen molar-refractivity contribution in [3.63, 3.8) is 0 Å². The molecule has 0 saturated carbocycles. The number of sulfonamides is 1. The molecule has 0 bridgehead atoms. The molecular formula is C13H16N2O3S2. The molecule has 0 fully saturated rings. The average Bonchev–Trinajstić information content (AvgIpc) is 2.73. The molecule has 2 rings (SSSR count). The van der Waals surface area contributed by atoms with Crippen LogP contribution in [0, 0.1) is 20.8 Å². The van der Waals surface area contributed by atoms with Crippen molar-refractivity contribution >= 4 is 26.5 Å². The Balaban J connectivity index is 2.39. The van der Waals surface area contributed by atoms with Crippen molar-refractivity contribution in [2.45, 2.75) is 25.7 Å². The lowest BCUT2D eigenvalue weighted by molar-refractivity contribution is 0.408. The first-order chi connectivity index (χ1) is 9.33. The first-order valence-electron chi connectivity index (χ1n) is 5.93. The van der Waals surface area contributed by atoms with Crippen LogP contribution in [0.5, 0.6) is 5.75 Å². The summed E-state index contributed by atoms with van der Waals surface area (Å²) in [6.07, 6.45) is 0. The van der Waals surface area contributed by atoms with Crippen LogP contribution in [0.15, 0.2) is 22.4 Å². The molecule has 1 heterocycles. The van der Waals surface area contributed by atoms with Crippen LogP contribution >= 0.6 is 11.3 Å². The van der Waals surface area contributed by atoms with Gasteiger partial charge in [0.15, 0.2) is 5.13 Å². The number of thiazole rings is 1. The van der Waals surface area contributed by atoms with Gasteiger partial charge in [0.05, 0.1) is 17.7 Å². The Morgan fingerprint density at radius 1 is 1.20 bits per heavy atom.